The molecule has 0 aliphatic carbocycles. The number of nitrogens with zero attached hydrogens (tertiary/aromatic N) is 2. The predicted molar refractivity (Wildman–Crippen MR) is 79.5 cm³/mol. The van der Waals surface area contributed by atoms with E-state index in [0.29, 0.717) is 5.65 Å². The molecule has 0 fully saturated rings. The van der Waals surface area contributed by atoms with Crippen molar-refractivity contribution in [2.75, 3.05) is 14.1 Å². The van der Waals surface area contributed by atoms with E-state index >= 15 is 0 Å². The smallest absolute Gasteiger partial charge is 0.305 e. The zero-order valence-electron chi connectivity index (χ0n) is 11.5. The number of pyridine rings is 1. The third-order valence-corrected chi connectivity index (χ3v) is 3.16. The van der Waals surface area contributed by atoms with E-state index in [9.17, 15) is 4.79 Å². The largest absolute Gasteiger partial charge is 0.325 e. The van der Waals surface area contributed by atoms with E-state index in [1.807, 2.05) is 32.3 Å². The second kappa shape index (κ2) is 4.94. The van der Waals surface area contributed by atoms with E-state index in [4.69, 9.17) is 0 Å². The number of H-pyrrole nitrogens is 2. The Labute approximate surface area is 116 Å². The Balaban J connectivity index is 2.13. The zero-order chi connectivity index (χ0) is 14.1. The molecule has 20 heavy (non-hydrogen) atoms. The van der Waals surface area contributed by atoms with Gasteiger partial charge in [0.25, 0.3) is 0 Å². The molecule has 0 aliphatic heterocycles. The van der Waals surface area contributed by atoms with Gasteiger partial charge in [0, 0.05) is 18.3 Å². The third-order valence-electron chi connectivity index (χ3n) is 3.16. The van der Waals surface area contributed by atoms with E-state index in [2.05, 4.69) is 32.0 Å². The molecule has 0 radical (unpaired) electrons. The third kappa shape index (κ3) is 2.35. The van der Waals surface area contributed by atoms with Gasteiger partial charge in [0.15, 0.2) is 5.65 Å². The van der Waals surface area contributed by atoms with Gasteiger partial charge in [-0.3, -0.25) is 4.98 Å². The number of hydrogen-bond donors (Lipinski definition) is 2. The van der Waals surface area contributed by atoms with Crippen LogP contribution in [-0.4, -0.2) is 33.9 Å². The molecule has 3 aromatic rings. The number of benzene rings is 1. The number of aromatic nitrogens is 3. The van der Waals surface area contributed by atoms with Gasteiger partial charge in [-0.1, -0.05) is 18.2 Å². The number of aromatic amines is 2. The maximum atomic E-state index is 11.4. The van der Waals surface area contributed by atoms with Crippen LogP contribution in [0.4, 0.5) is 0 Å². The molecule has 5 nitrogen and oxygen atoms in total. The Morgan fingerprint density at radius 3 is 2.85 bits per heavy atom. The summed E-state index contributed by atoms with van der Waals surface area (Å²) in [5.41, 5.74) is 4.39. The van der Waals surface area contributed by atoms with Crippen LogP contribution in [0, 0.1) is 0 Å². The summed E-state index contributed by atoms with van der Waals surface area (Å²) in [7, 11) is 4.09. The van der Waals surface area contributed by atoms with Gasteiger partial charge in [-0.05, 0) is 37.4 Å². The van der Waals surface area contributed by atoms with Gasteiger partial charge >= 0.3 is 5.69 Å². The monoisotopic (exact) mass is 268 g/mol. The molecule has 0 saturated carbocycles. The van der Waals surface area contributed by atoms with Crippen LogP contribution in [0.15, 0.2) is 41.3 Å². The number of imidazole rings is 1. The number of nitrogens with one attached hydrogen (secondary N) is 2. The molecule has 2 heterocycles. The van der Waals surface area contributed by atoms with Gasteiger partial charge in [0.1, 0.15) is 0 Å². The van der Waals surface area contributed by atoms with Crippen LogP contribution < -0.4 is 5.69 Å². The summed E-state index contributed by atoms with van der Waals surface area (Å²) in [5, 5.41) is 0. The maximum Gasteiger partial charge on any atom is 0.325 e. The highest BCUT2D eigenvalue weighted by atomic mass is 16.1. The van der Waals surface area contributed by atoms with Crippen molar-refractivity contribution in [1.82, 2.24) is 19.9 Å². The minimum Gasteiger partial charge on any atom is -0.305 e. The van der Waals surface area contributed by atoms with Gasteiger partial charge in [-0.15, -0.1) is 0 Å². The first-order chi connectivity index (χ1) is 9.63. The quantitative estimate of drug-likeness (QED) is 0.763. The van der Waals surface area contributed by atoms with Crippen LogP contribution in [0.2, 0.25) is 0 Å². The Hall–Kier alpha value is -2.40. The van der Waals surface area contributed by atoms with Crippen LogP contribution in [0.25, 0.3) is 22.3 Å². The molecule has 0 bridgehead atoms. The number of fused-ring (bicyclic) bond motifs is 1. The summed E-state index contributed by atoms with van der Waals surface area (Å²) < 4.78 is 0. The highest BCUT2D eigenvalue weighted by Crippen LogP contribution is 2.25. The Morgan fingerprint density at radius 1 is 1.20 bits per heavy atom. The fourth-order valence-electron chi connectivity index (χ4n) is 2.38. The molecule has 0 atom stereocenters. The lowest BCUT2D eigenvalue weighted by molar-refractivity contribution is 0.402. The van der Waals surface area contributed by atoms with Crippen molar-refractivity contribution < 1.29 is 0 Å². The first-order valence-corrected chi connectivity index (χ1v) is 6.44. The van der Waals surface area contributed by atoms with E-state index in [1.54, 1.807) is 6.20 Å². The number of rotatable bonds is 3. The standard InChI is InChI=1S/C15H16N4O/c1-19(2)9-10-4-3-5-11(8-10)12-6-7-16-14-13(12)17-15(20)18-14/h3-8H,9H2,1-2H3,(H2,16,17,18,20). The first kappa shape index (κ1) is 12.6. The minimum absolute atomic E-state index is 0.232. The lowest BCUT2D eigenvalue weighted by Gasteiger charge is -2.11. The van der Waals surface area contributed by atoms with Crippen LogP contribution in [0.5, 0.6) is 0 Å². The van der Waals surface area contributed by atoms with Crippen LogP contribution >= 0.6 is 0 Å². The van der Waals surface area contributed by atoms with Crippen molar-refractivity contribution in [3.05, 3.63) is 52.6 Å². The average Bonchev–Trinajstić information content (AvgIpc) is 2.78. The van der Waals surface area contributed by atoms with Gasteiger partial charge in [-0.25, -0.2) is 9.78 Å². The average molecular weight is 268 g/mol. The Bertz CT molecular complexity index is 801. The van der Waals surface area contributed by atoms with E-state index in [-0.39, 0.29) is 5.69 Å². The summed E-state index contributed by atoms with van der Waals surface area (Å²) in [5.74, 6) is 0. The lowest BCUT2D eigenvalue weighted by atomic mass is 10.0. The van der Waals surface area contributed by atoms with Crippen LogP contribution in [0.3, 0.4) is 0 Å². The highest BCUT2D eigenvalue weighted by molar-refractivity contribution is 5.89. The molecule has 0 aliphatic rings. The van der Waals surface area contributed by atoms with Crippen LogP contribution in [-0.2, 0) is 6.54 Å². The Kier molecular flexibility index (Phi) is 3.12. The van der Waals surface area contributed by atoms with Crippen molar-refractivity contribution in [2.24, 2.45) is 0 Å². The van der Waals surface area contributed by atoms with Crippen molar-refractivity contribution >= 4 is 11.2 Å². The molecule has 0 saturated heterocycles. The molecule has 0 spiro atoms. The van der Waals surface area contributed by atoms with E-state index < -0.39 is 0 Å². The van der Waals surface area contributed by atoms with Crippen molar-refractivity contribution in [3.63, 3.8) is 0 Å². The molecular weight excluding hydrogens is 252 g/mol. The molecule has 102 valence electrons. The molecule has 0 amide bonds. The summed E-state index contributed by atoms with van der Waals surface area (Å²) >= 11 is 0. The molecule has 2 aromatic heterocycles. The van der Waals surface area contributed by atoms with Gasteiger partial charge in [0.2, 0.25) is 0 Å². The van der Waals surface area contributed by atoms with Crippen LogP contribution in [0.1, 0.15) is 5.56 Å². The van der Waals surface area contributed by atoms with Crippen molar-refractivity contribution in [1.29, 1.82) is 0 Å². The minimum atomic E-state index is -0.232. The second-order valence-corrected chi connectivity index (χ2v) is 5.10. The highest BCUT2D eigenvalue weighted by Gasteiger charge is 2.08. The van der Waals surface area contributed by atoms with E-state index in [0.717, 1.165) is 23.2 Å². The first-order valence-electron chi connectivity index (χ1n) is 6.44. The normalized spacial score (nSPS) is 11.3. The molecule has 5 heteroatoms. The Morgan fingerprint density at radius 2 is 2.05 bits per heavy atom. The van der Waals surface area contributed by atoms with Crippen molar-refractivity contribution in [3.8, 4) is 11.1 Å². The van der Waals surface area contributed by atoms with Gasteiger partial charge < -0.3 is 9.88 Å². The van der Waals surface area contributed by atoms with Gasteiger partial charge in [-0.2, -0.15) is 0 Å². The SMILES string of the molecule is CN(C)Cc1cccc(-c2ccnc3[nH]c(=O)[nH]c23)c1. The summed E-state index contributed by atoms with van der Waals surface area (Å²) in [6, 6.07) is 10.2. The topological polar surface area (TPSA) is 64.8 Å². The molecule has 2 N–H and O–H groups in total. The van der Waals surface area contributed by atoms with Crippen molar-refractivity contribution in [2.45, 2.75) is 6.54 Å². The number of hydrogen-bond acceptors (Lipinski definition) is 3. The summed E-state index contributed by atoms with van der Waals surface area (Å²) in [4.78, 5) is 23.2. The fraction of sp³-hybridized carbons (Fsp3) is 0.200. The molecule has 3 rings (SSSR count). The molecule has 0 unspecified atom stereocenters. The summed E-state index contributed by atoms with van der Waals surface area (Å²) in [6.07, 6.45) is 1.71. The van der Waals surface area contributed by atoms with E-state index in [1.165, 1.54) is 5.56 Å². The lowest BCUT2D eigenvalue weighted by Crippen LogP contribution is -2.10. The summed E-state index contributed by atoms with van der Waals surface area (Å²) in [6.45, 7) is 0.881. The predicted octanol–water partition coefficient (Wildman–Crippen LogP) is 1.98. The second-order valence-electron chi connectivity index (χ2n) is 5.10. The molecular formula is C15H16N4O. The zero-order valence-corrected chi connectivity index (χ0v) is 11.5. The molecule has 1 aromatic carbocycles. The maximum absolute atomic E-state index is 11.4. The van der Waals surface area contributed by atoms with Gasteiger partial charge in [0.05, 0.1) is 5.52 Å². The fourth-order valence-corrected chi connectivity index (χ4v) is 2.38.